The molecule has 0 bridgehead atoms. The maximum absolute atomic E-state index is 12.0. The maximum atomic E-state index is 12.0. The molecule has 0 saturated carbocycles. The first kappa shape index (κ1) is 22.1. The van der Waals surface area contributed by atoms with E-state index in [4.69, 9.17) is 38.2 Å². The van der Waals surface area contributed by atoms with Gasteiger partial charge in [-0.1, -0.05) is 43.4 Å². The first-order chi connectivity index (χ1) is 13.5. The molecule has 0 amide bonds. The van der Waals surface area contributed by atoms with Gasteiger partial charge in [0, 0.05) is 6.07 Å². The predicted octanol–water partition coefficient (Wildman–Crippen LogP) is 4.32. The summed E-state index contributed by atoms with van der Waals surface area (Å²) in [5, 5.41) is 4.15. The molecule has 1 aromatic heterocycles. The number of unbranched alkanes of at least 4 members (excludes halogenated alkanes) is 2. The van der Waals surface area contributed by atoms with Gasteiger partial charge in [-0.15, -0.1) is 0 Å². The van der Waals surface area contributed by atoms with Crippen molar-refractivity contribution in [3.8, 4) is 22.8 Å². The van der Waals surface area contributed by atoms with Crippen molar-refractivity contribution in [2.24, 2.45) is 0 Å². The topological polar surface area (TPSA) is 70.8 Å². The fraction of sp³-hybridized carbons (Fsp3) is 0.500. The average Bonchev–Trinajstić information content (AvgIpc) is 3.05. The smallest absolute Gasteiger partial charge is 0.359 e. The average molecular weight is 406 g/mol. The van der Waals surface area contributed by atoms with Gasteiger partial charge in [0.1, 0.15) is 19.3 Å². The van der Waals surface area contributed by atoms with Crippen LogP contribution in [0.25, 0.3) is 11.3 Å². The van der Waals surface area contributed by atoms with E-state index < -0.39 is 5.97 Å². The van der Waals surface area contributed by atoms with Crippen LogP contribution in [0.1, 0.15) is 56.9 Å². The summed E-state index contributed by atoms with van der Waals surface area (Å²) in [7, 11) is 6.09. The largest absolute Gasteiger partial charge is 0.493 e. The molecule has 8 heteroatoms. The van der Waals surface area contributed by atoms with Gasteiger partial charge in [0.05, 0.1) is 30.4 Å². The SMILES string of the molecule is [B]c1c(C(=O)OCC)noc1-c1cc(Cl)c(OCCCC)cc1OCCCC. The lowest BCUT2D eigenvalue weighted by atomic mass is 9.90. The highest BCUT2D eigenvalue weighted by Gasteiger charge is 2.24. The first-order valence-corrected chi connectivity index (χ1v) is 9.92. The minimum atomic E-state index is -0.644. The summed E-state index contributed by atoms with van der Waals surface area (Å²) in [6.07, 6.45) is 3.80. The van der Waals surface area contributed by atoms with Crippen molar-refractivity contribution in [2.45, 2.75) is 46.5 Å². The molecule has 2 aromatic rings. The number of hydrogen-bond acceptors (Lipinski definition) is 6. The standard InChI is InChI=1S/C20H25BClNO5/c1-4-7-9-26-15-12-16(27-10-8-5-2)14(22)11-13(15)19-17(21)18(23-28-19)20(24)25-6-3/h11-12H,4-10H2,1-3H3. The van der Waals surface area contributed by atoms with Gasteiger partial charge in [0.25, 0.3) is 0 Å². The number of aromatic nitrogens is 1. The van der Waals surface area contributed by atoms with Crippen molar-refractivity contribution in [1.29, 1.82) is 0 Å². The van der Waals surface area contributed by atoms with Gasteiger partial charge >= 0.3 is 5.97 Å². The molecule has 2 rings (SSSR count). The van der Waals surface area contributed by atoms with Gasteiger partial charge in [-0.2, -0.15) is 0 Å². The predicted molar refractivity (Wildman–Crippen MR) is 109 cm³/mol. The Morgan fingerprint density at radius 3 is 2.36 bits per heavy atom. The van der Waals surface area contributed by atoms with E-state index in [2.05, 4.69) is 19.0 Å². The zero-order valence-electron chi connectivity index (χ0n) is 16.5. The molecule has 1 heterocycles. The number of rotatable bonds is 11. The molecular formula is C20H25BClNO5. The van der Waals surface area contributed by atoms with Crippen LogP contribution < -0.4 is 14.9 Å². The molecule has 0 fully saturated rings. The highest BCUT2D eigenvalue weighted by atomic mass is 35.5. The summed E-state index contributed by atoms with van der Waals surface area (Å²) >= 11 is 6.39. The van der Waals surface area contributed by atoms with Crippen LogP contribution in [0.15, 0.2) is 16.7 Å². The van der Waals surface area contributed by atoms with Crippen LogP contribution in [0.3, 0.4) is 0 Å². The number of benzene rings is 1. The van der Waals surface area contributed by atoms with E-state index in [1.165, 1.54) is 0 Å². The van der Waals surface area contributed by atoms with Crippen LogP contribution in [0, 0.1) is 0 Å². The molecule has 0 unspecified atom stereocenters. The molecule has 0 N–H and O–H groups in total. The summed E-state index contributed by atoms with van der Waals surface area (Å²) in [5.41, 5.74) is 0.509. The molecule has 0 spiro atoms. The Morgan fingerprint density at radius 2 is 1.75 bits per heavy atom. The van der Waals surface area contributed by atoms with Gasteiger partial charge in [-0.25, -0.2) is 4.79 Å². The fourth-order valence-electron chi connectivity index (χ4n) is 2.43. The third-order valence-corrected chi connectivity index (χ3v) is 4.28. The molecule has 0 aliphatic heterocycles. The van der Waals surface area contributed by atoms with Crippen molar-refractivity contribution < 1.29 is 23.5 Å². The molecule has 150 valence electrons. The zero-order chi connectivity index (χ0) is 20.5. The summed E-state index contributed by atoms with van der Waals surface area (Å²) in [6, 6.07) is 3.37. The Bertz CT molecular complexity index is 793. The van der Waals surface area contributed by atoms with Gasteiger partial charge in [0.2, 0.25) is 0 Å². The van der Waals surface area contributed by atoms with Crippen molar-refractivity contribution in [3.05, 3.63) is 22.8 Å². The van der Waals surface area contributed by atoms with Crippen molar-refractivity contribution in [3.63, 3.8) is 0 Å². The third kappa shape index (κ3) is 5.44. The summed E-state index contributed by atoms with van der Waals surface area (Å²) in [5.74, 6) is 0.585. The zero-order valence-corrected chi connectivity index (χ0v) is 17.3. The van der Waals surface area contributed by atoms with Crippen molar-refractivity contribution >= 4 is 30.9 Å². The van der Waals surface area contributed by atoms with E-state index in [1.807, 2.05) is 0 Å². The minimum Gasteiger partial charge on any atom is -0.493 e. The van der Waals surface area contributed by atoms with Crippen LogP contribution in [-0.2, 0) is 4.74 Å². The quantitative estimate of drug-likeness (QED) is 0.315. The van der Waals surface area contributed by atoms with E-state index in [1.54, 1.807) is 19.1 Å². The molecule has 0 aliphatic rings. The lowest BCUT2D eigenvalue weighted by Gasteiger charge is -2.14. The number of halogens is 1. The second-order valence-electron chi connectivity index (χ2n) is 6.18. The Kier molecular flexibility index (Phi) is 8.70. The van der Waals surface area contributed by atoms with Crippen LogP contribution in [0.2, 0.25) is 5.02 Å². The van der Waals surface area contributed by atoms with Gasteiger partial charge in [0.15, 0.2) is 11.5 Å². The van der Waals surface area contributed by atoms with Crippen LogP contribution in [-0.4, -0.2) is 38.8 Å². The van der Waals surface area contributed by atoms with Crippen LogP contribution in [0.4, 0.5) is 0 Å². The minimum absolute atomic E-state index is 0.0734. The van der Waals surface area contributed by atoms with Gasteiger partial charge < -0.3 is 18.7 Å². The Morgan fingerprint density at radius 1 is 1.11 bits per heavy atom. The van der Waals surface area contributed by atoms with Gasteiger partial charge in [-0.3, -0.25) is 0 Å². The normalized spacial score (nSPS) is 10.7. The molecule has 1 aromatic carbocycles. The summed E-state index contributed by atoms with van der Waals surface area (Å²) < 4.78 is 21.9. The number of hydrogen-bond donors (Lipinski definition) is 0. The van der Waals surface area contributed by atoms with E-state index in [-0.39, 0.29) is 23.5 Å². The van der Waals surface area contributed by atoms with Crippen LogP contribution in [0.5, 0.6) is 11.5 Å². The maximum Gasteiger partial charge on any atom is 0.359 e. The highest BCUT2D eigenvalue weighted by molar-refractivity contribution is 6.39. The molecule has 0 aliphatic carbocycles. The number of nitrogens with zero attached hydrogens (tertiary/aromatic N) is 1. The van der Waals surface area contributed by atoms with E-state index in [0.717, 1.165) is 25.7 Å². The summed E-state index contributed by atoms with van der Waals surface area (Å²) in [6.45, 7) is 7.14. The number of carbonyl (C=O) groups excluding carboxylic acids is 1. The molecule has 6 nitrogen and oxygen atoms in total. The monoisotopic (exact) mass is 405 g/mol. The lowest BCUT2D eigenvalue weighted by molar-refractivity contribution is 0.0516. The lowest BCUT2D eigenvalue weighted by Crippen LogP contribution is -2.17. The Balaban J connectivity index is 2.41. The van der Waals surface area contributed by atoms with Gasteiger partial charge in [-0.05, 0) is 31.3 Å². The van der Waals surface area contributed by atoms with Crippen molar-refractivity contribution in [2.75, 3.05) is 19.8 Å². The molecule has 0 atom stereocenters. The molecule has 28 heavy (non-hydrogen) atoms. The number of esters is 1. The number of carbonyl (C=O) groups is 1. The fourth-order valence-corrected chi connectivity index (χ4v) is 2.65. The van der Waals surface area contributed by atoms with Crippen LogP contribution >= 0.6 is 11.6 Å². The second-order valence-corrected chi connectivity index (χ2v) is 6.58. The number of ether oxygens (including phenoxy) is 3. The van der Waals surface area contributed by atoms with E-state index in [9.17, 15) is 4.79 Å². The van der Waals surface area contributed by atoms with Crippen molar-refractivity contribution in [1.82, 2.24) is 5.16 Å². The first-order valence-electron chi connectivity index (χ1n) is 9.55. The molecule has 2 radical (unpaired) electrons. The summed E-state index contributed by atoms with van der Waals surface area (Å²) in [4.78, 5) is 12.0. The van der Waals surface area contributed by atoms with E-state index in [0.29, 0.717) is 35.3 Å². The van der Waals surface area contributed by atoms with E-state index >= 15 is 0 Å². The molecular weight excluding hydrogens is 380 g/mol. The Hall–Kier alpha value is -2.15. The Labute approximate surface area is 171 Å². The molecule has 0 saturated heterocycles. The second kappa shape index (κ2) is 11.0. The third-order valence-electron chi connectivity index (χ3n) is 3.99. The highest BCUT2D eigenvalue weighted by Crippen LogP contribution is 2.38.